The molecule has 1 heterocycles. The molecule has 0 unspecified atom stereocenters. The Morgan fingerprint density at radius 2 is 1.95 bits per heavy atom. The van der Waals surface area contributed by atoms with E-state index in [-0.39, 0.29) is 6.10 Å². The van der Waals surface area contributed by atoms with E-state index in [4.69, 9.17) is 4.74 Å². The van der Waals surface area contributed by atoms with Gasteiger partial charge in [0.05, 0.1) is 17.1 Å². The molecule has 19 heavy (non-hydrogen) atoms. The molecule has 0 atom stereocenters. The molecule has 0 amide bonds. The molecular weight excluding hydrogens is 376 g/mol. The van der Waals surface area contributed by atoms with Gasteiger partial charge in [-0.2, -0.15) is 0 Å². The molecule has 7 heteroatoms. The average molecular weight is 390 g/mol. The van der Waals surface area contributed by atoms with Gasteiger partial charge in [-0.25, -0.2) is 4.68 Å². The number of nitrogens with one attached hydrogen (secondary N) is 1. The molecule has 102 valence electrons. The highest BCUT2D eigenvalue weighted by Crippen LogP contribution is 2.33. The smallest absolute Gasteiger partial charge is 0.138 e. The minimum Gasteiger partial charge on any atom is -0.489 e. The van der Waals surface area contributed by atoms with E-state index >= 15 is 0 Å². The summed E-state index contributed by atoms with van der Waals surface area (Å²) in [5.74, 6) is 0.846. The lowest BCUT2D eigenvalue weighted by molar-refractivity contribution is 0.238. The fourth-order valence-electron chi connectivity index (χ4n) is 1.57. The van der Waals surface area contributed by atoms with E-state index in [1.54, 1.807) is 17.3 Å². The van der Waals surface area contributed by atoms with Crippen molar-refractivity contribution in [3.05, 3.63) is 39.3 Å². The van der Waals surface area contributed by atoms with Crippen LogP contribution >= 0.6 is 31.9 Å². The number of nitrogens with zero attached hydrogens (tertiary/aromatic N) is 3. The second-order valence-corrected chi connectivity index (χ2v) is 6.02. The number of hydrogen-bond acceptors (Lipinski definition) is 4. The zero-order valence-corrected chi connectivity index (χ0v) is 13.8. The largest absolute Gasteiger partial charge is 0.489 e. The summed E-state index contributed by atoms with van der Waals surface area (Å²) in [6, 6.07) is 4.00. The van der Waals surface area contributed by atoms with Gasteiger partial charge in [0.1, 0.15) is 18.4 Å². The molecule has 5 nitrogen and oxygen atoms in total. The highest BCUT2D eigenvalue weighted by atomic mass is 79.9. The Labute approximate surface area is 128 Å². The summed E-state index contributed by atoms with van der Waals surface area (Å²) < 4.78 is 9.48. The molecule has 2 rings (SSSR count). The first-order chi connectivity index (χ1) is 9.06. The first-order valence-electron chi connectivity index (χ1n) is 5.79. The lowest BCUT2D eigenvalue weighted by Gasteiger charge is -2.17. The van der Waals surface area contributed by atoms with Gasteiger partial charge in [-0.15, -0.1) is 10.2 Å². The normalized spacial score (nSPS) is 10.8. The van der Waals surface area contributed by atoms with Crippen LogP contribution in [0.15, 0.2) is 33.7 Å². The van der Waals surface area contributed by atoms with Crippen molar-refractivity contribution in [3.63, 3.8) is 0 Å². The first-order valence-corrected chi connectivity index (χ1v) is 7.38. The Hall–Kier alpha value is -1.08. The van der Waals surface area contributed by atoms with Crippen LogP contribution in [0.2, 0.25) is 0 Å². The van der Waals surface area contributed by atoms with Crippen molar-refractivity contribution in [2.45, 2.75) is 26.5 Å². The topological polar surface area (TPSA) is 52.0 Å². The van der Waals surface area contributed by atoms with Gasteiger partial charge in [-0.05, 0) is 41.9 Å². The van der Waals surface area contributed by atoms with Crippen LogP contribution in [0.4, 0.5) is 0 Å². The molecule has 0 aliphatic heterocycles. The van der Waals surface area contributed by atoms with Crippen LogP contribution in [0, 0.1) is 0 Å². The Kier molecular flexibility index (Phi) is 4.81. The van der Waals surface area contributed by atoms with Gasteiger partial charge in [-0.1, -0.05) is 15.9 Å². The van der Waals surface area contributed by atoms with Gasteiger partial charge in [-0.3, -0.25) is 0 Å². The van der Waals surface area contributed by atoms with Crippen LogP contribution in [0.3, 0.4) is 0 Å². The summed E-state index contributed by atoms with van der Waals surface area (Å²) in [6.45, 7) is 4.62. The van der Waals surface area contributed by atoms with Gasteiger partial charge >= 0.3 is 0 Å². The van der Waals surface area contributed by atoms with Crippen molar-refractivity contribution in [3.8, 4) is 5.75 Å². The van der Waals surface area contributed by atoms with Crippen LogP contribution in [0.5, 0.6) is 5.75 Å². The van der Waals surface area contributed by atoms with Gasteiger partial charge in [0.25, 0.3) is 0 Å². The van der Waals surface area contributed by atoms with E-state index in [9.17, 15) is 0 Å². The minimum atomic E-state index is 0.117. The summed E-state index contributed by atoms with van der Waals surface area (Å²) >= 11 is 7.02. The molecule has 0 saturated heterocycles. The highest BCUT2D eigenvalue weighted by molar-refractivity contribution is 9.11. The van der Waals surface area contributed by atoms with Gasteiger partial charge in [0.2, 0.25) is 0 Å². The fourth-order valence-corrected chi connectivity index (χ4v) is 2.98. The third kappa shape index (κ3) is 3.94. The Morgan fingerprint density at radius 3 is 2.58 bits per heavy atom. The Balaban J connectivity index is 2.21. The summed E-state index contributed by atoms with van der Waals surface area (Å²) in [7, 11) is 0. The van der Waals surface area contributed by atoms with Gasteiger partial charge in [0.15, 0.2) is 0 Å². The van der Waals surface area contributed by atoms with E-state index in [0.29, 0.717) is 6.54 Å². The zero-order chi connectivity index (χ0) is 13.8. The van der Waals surface area contributed by atoms with Crippen LogP contribution in [0.25, 0.3) is 0 Å². The predicted octanol–water partition coefficient (Wildman–Crippen LogP) is 3.33. The van der Waals surface area contributed by atoms with Crippen molar-refractivity contribution >= 4 is 31.9 Å². The molecule has 1 aromatic heterocycles. The molecule has 0 radical (unpaired) electrons. The number of benzene rings is 1. The lowest BCUT2D eigenvalue weighted by atomic mass is 10.2. The first kappa shape index (κ1) is 14.3. The number of aromatic nitrogens is 3. The second kappa shape index (κ2) is 6.38. The molecule has 0 aliphatic carbocycles. The predicted molar refractivity (Wildman–Crippen MR) is 80.7 cm³/mol. The molecule has 0 aliphatic rings. The third-order valence-corrected chi connectivity index (χ3v) is 3.36. The van der Waals surface area contributed by atoms with E-state index < -0.39 is 0 Å². The third-order valence-electron chi connectivity index (χ3n) is 2.31. The van der Waals surface area contributed by atoms with E-state index in [1.165, 1.54) is 0 Å². The van der Waals surface area contributed by atoms with Crippen molar-refractivity contribution in [2.24, 2.45) is 0 Å². The maximum absolute atomic E-state index is 5.85. The van der Waals surface area contributed by atoms with Crippen LogP contribution < -0.4 is 10.2 Å². The molecule has 0 bridgehead atoms. The monoisotopic (exact) mass is 388 g/mol. The summed E-state index contributed by atoms with van der Waals surface area (Å²) in [6.07, 6.45) is 3.33. The zero-order valence-electron chi connectivity index (χ0n) is 10.6. The molecule has 0 spiro atoms. The minimum absolute atomic E-state index is 0.117. The molecular formula is C12H14Br2N4O. The van der Waals surface area contributed by atoms with E-state index in [1.807, 2.05) is 26.0 Å². The summed E-state index contributed by atoms with van der Waals surface area (Å²) in [5, 5.41) is 7.48. The van der Waals surface area contributed by atoms with Crippen molar-refractivity contribution in [2.75, 3.05) is 5.43 Å². The SMILES string of the molecule is CC(C)Oc1c(Br)cc(Br)cc1CNn1cnnc1. The van der Waals surface area contributed by atoms with Crippen molar-refractivity contribution in [1.29, 1.82) is 0 Å². The van der Waals surface area contributed by atoms with Crippen LogP contribution in [0.1, 0.15) is 19.4 Å². The van der Waals surface area contributed by atoms with E-state index in [0.717, 1.165) is 20.3 Å². The number of rotatable bonds is 5. The average Bonchev–Trinajstić information content (AvgIpc) is 2.83. The summed E-state index contributed by atoms with van der Waals surface area (Å²) in [5.41, 5.74) is 4.22. The molecule has 1 aromatic carbocycles. The fraction of sp³-hybridized carbons (Fsp3) is 0.333. The molecule has 1 N–H and O–H groups in total. The summed E-state index contributed by atoms with van der Waals surface area (Å²) in [4.78, 5) is 0. The second-order valence-electron chi connectivity index (χ2n) is 4.25. The molecule has 0 saturated carbocycles. The standard InChI is InChI=1S/C12H14Br2N4O/c1-8(2)19-12-9(3-10(13)4-11(12)14)5-17-18-6-15-16-7-18/h3-4,6-8,17H,5H2,1-2H3. The Bertz CT molecular complexity index is 543. The van der Waals surface area contributed by atoms with Crippen LogP contribution in [-0.2, 0) is 6.54 Å². The van der Waals surface area contributed by atoms with Crippen molar-refractivity contribution < 1.29 is 4.74 Å². The quantitative estimate of drug-likeness (QED) is 0.851. The number of hydrogen-bond donors (Lipinski definition) is 1. The van der Waals surface area contributed by atoms with E-state index in [2.05, 4.69) is 47.5 Å². The molecule has 2 aromatic rings. The van der Waals surface area contributed by atoms with Gasteiger partial charge in [0, 0.05) is 10.0 Å². The van der Waals surface area contributed by atoms with Crippen LogP contribution in [-0.4, -0.2) is 21.0 Å². The van der Waals surface area contributed by atoms with Gasteiger partial charge < -0.3 is 10.2 Å². The number of ether oxygens (including phenoxy) is 1. The lowest BCUT2D eigenvalue weighted by Crippen LogP contribution is -2.15. The highest BCUT2D eigenvalue weighted by Gasteiger charge is 2.11. The number of halogens is 2. The maximum atomic E-state index is 5.85. The van der Waals surface area contributed by atoms with Crippen molar-refractivity contribution in [1.82, 2.24) is 14.9 Å². The maximum Gasteiger partial charge on any atom is 0.138 e. The molecule has 0 fully saturated rings. The Morgan fingerprint density at radius 1 is 1.26 bits per heavy atom.